The maximum atomic E-state index is 11.8. The van der Waals surface area contributed by atoms with Gasteiger partial charge in [0.2, 0.25) is 0 Å². The third kappa shape index (κ3) is 3.95. The molecule has 0 unspecified atom stereocenters. The lowest BCUT2D eigenvalue weighted by Gasteiger charge is -2.19. The van der Waals surface area contributed by atoms with Gasteiger partial charge in [-0.05, 0) is 16.5 Å². The molecule has 1 aromatic heterocycles. The maximum Gasteiger partial charge on any atom is 0.407 e. The van der Waals surface area contributed by atoms with Crippen molar-refractivity contribution in [3.05, 3.63) is 65.2 Å². The summed E-state index contributed by atoms with van der Waals surface area (Å²) in [5.74, 6) is 0.582. The Morgan fingerprint density at radius 1 is 1.20 bits per heavy atom. The number of carbonyl (C=O) groups is 1. The molecule has 2 aromatic carbocycles. The molecule has 128 valence electrons. The van der Waals surface area contributed by atoms with Crippen molar-refractivity contribution in [3.8, 4) is 11.4 Å². The van der Waals surface area contributed by atoms with E-state index >= 15 is 0 Å². The van der Waals surface area contributed by atoms with Crippen LogP contribution >= 0.6 is 11.6 Å². The predicted octanol–water partition coefficient (Wildman–Crippen LogP) is 3.09. The molecule has 0 aliphatic carbocycles. The number of nitrogens with one attached hydrogen (secondary N) is 1. The summed E-state index contributed by atoms with van der Waals surface area (Å²) in [6.07, 6.45) is -1.20. The van der Waals surface area contributed by atoms with Crippen LogP contribution in [0.15, 0.2) is 54.6 Å². The number of nitrogens with zero attached hydrogens (tertiary/aromatic N) is 4. The van der Waals surface area contributed by atoms with Crippen LogP contribution in [0.5, 0.6) is 0 Å². The topological polar surface area (TPSA) is 81.9 Å². The van der Waals surface area contributed by atoms with Gasteiger partial charge in [0.1, 0.15) is 6.10 Å². The summed E-state index contributed by atoms with van der Waals surface area (Å²) in [7, 11) is 1.50. The Labute approximate surface area is 149 Å². The van der Waals surface area contributed by atoms with Gasteiger partial charge in [0, 0.05) is 23.2 Å². The number of hydrogen-bond donors (Lipinski definition) is 1. The summed E-state index contributed by atoms with van der Waals surface area (Å²) in [5, 5.41) is 14.8. The Morgan fingerprint density at radius 3 is 2.64 bits per heavy atom. The van der Waals surface area contributed by atoms with Gasteiger partial charge in [0.05, 0.1) is 6.54 Å². The summed E-state index contributed by atoms with van der Waals surface area (Å²) in [4.78, 5) is 11.8. The number of halogens is 1. The number of benzene rings is 2. The average Bonchev–Trinajstić information content (AvgIpc) is 3.10. The molecule has 7 nitrogen and oxygen atoms in total. The standard InChI is InChI=1S/C17H16ClN5O2/c1-19-17(24)25-15(13-9-5-6-10-14(13)18)11-23-16(20-21-22-23)12-7-3-2-4-8-12/h2-10,15H,11H2,1H3,(H,19,24)/t15-/m1/s1. The van der Waals surface area contributed by atoms with Gasteiger partial charge >= 0.3 is 6.09 Å². The minimum Gasteiger partial charge on any atom is -0.439 e. The minimum atomic E-state index is -0.639. The lowest BCUT2D eigenvalue weighted by Crippen LogP contribution is -2.25. The minimum absolute atomic E-state index is 0.231. The molecule has 0 radical (unpaired) electrons. The van der Waals surface area contributed by atoms with Crippen molar-refractivity contribution in [2.75, 3.05) is 7.05 Å². The van der Waals surface area contributed by atoms with Crippen molar-refractivity contribution in [3.63, 3.8) is 0 Å². The summed E-state index contributed by atoms with van der Waals surface area (Å²) in [6.45, 7) is 0.231. The SMILES string of the molecule is CNC(=O)O[C@H](Cn1nnnc1-c1ccccc1)c1ccccc1Cl. The third-order valence-electron chi connectivity index (χ3n) is 3.61. The molecule has 0 spiro atoms. The Morgan fingerprint density at radius 2 is 1.92 bits per heavy atom. The number of aromatic nitrogens is 4. The molecule has 1 heterocycles. The fraction of sp³-hybridized carbons (Fsp3) is 0.176. The molecule has 3 aromatic rings. The lowest BCUT2D eigenvalue weighted by atomic mass is 10.1. The predicted molar refractivity (Wildman–Crippen MR) is 93.0 cm³/mol. The quantitative estimate of drug-likeness (QED) is 0.758. The largest absolute Gasteiger partial charge is 0.439 e. The molecule has 0 saturated carbocycles. The number of tetrazole rings is 1. The molecule has 0 bridgehead atoms. The van der Waals surface area contributed by atoms with Crippen LogP contribution in [-0.2, 0) is 11.3 Å². The van der Waals surface area contributed by atoms with E-state index in [0.717, 1.165) is 5.56 Å². The van der Waals surface area contributed by atoms with E-state index < -0.39 is 12.2 Å². The molecule has 1 amide bonds. The van der Waals surface area contributed by atoms with Crippen LogP contribution in [0.1, 0.15) is 11.7 Å². The fourth-order valence-electron chi connectivity index (χ4n) is 2.40. The molecule has 3 rings (SSSR count). The van der Waals surface area contributed by atoms with Crippen LogP contribution in [0.25, 0.3) is 11.4 Å². The first-order valence-corrected chi connectivity index (χ1v) is 8.01. The molecule has 0 saturated heterocycles. The zero-order valence-corrected chi connectivity index (χ0v) is 14.2. The van der Waals surface area contributed by atoms with Crippen LogP contribution in [0.4, 0.5) is 4.79 Å². The van der Waals surface area contributed by atoms with Crippen LogP contribution in [0.2, 0.25) is 5.02 Å². The molecule has 25 heavy (non-hydrogen) atoms. The highest BCUT2D eigenvalue weighted by molar-refractivity contribution is 6.31. The molecule has 0 aliphatic rings. The van der Waals surface area contributed by atoms with Gasteiger partial charge in [-0.15, -0.1) is 5.10 Å². The number of carbonyl (C=O) groups excluding carboxylic acids is 1. The smallest absolute Gasteiger partial charge is 0.407 e. The van der Waals surface area contributed by atoms with Crippen molar-refractivity contribution in [2.45, 2.75) is 12.6 Å². The molecule has 8 heteroatoms. The molecule has 1 atom stereocenters. The monoisotopic (exact) mass is 357 g/mol. The summed E-state index contributed by atoms with van der Waals surface area (Å²) in [6, 6.07) is 16.7. The average molecular weight is 358 g/mol. The van der Waals surface area contributed by atoms with Gasteiger partial charge in [0.15, 0.2) is 5.82 Å². The highest BCUT2D eigenvalue weighted by Crippen LogP contribution is 2.28. The second-order valence-electron chi connectivity index (χ2n) is 5.22. The number of amides is 1. The van der Waals surface area contributed by atoms with E-state index in [-0.39, 0.29) is 6.54 Å². The van der Waals surface area contributed by atoms with E-state index in [1.807, 2.05) is 48.5 Å². The Hall–Kier alpha value is -2.93. The first-order valence-electron chi connectivity index (χ1n) is 7.63. The molecular formula is C17H16ClN5O2. The van der Waals surface area contributed by atoms with Gasteiger partial charge in [-0.1, -0.05) is 60.1 Å². The zero-order chi connectivity index (χ0) is 17.6. The van der Waals surface area contributed by atoms with E-state index in [1.54, 1.807) is 10.7 Å². The number of ether oxygens (including phenoxy) is 1. The van der Waals surface area contributed by atoms with Crippen LogP contribution in [0.3, 0.4) is 0 Å². The van der Waals surface area contributed by atoms with E-state index in [0.29, 0.717) is 16.4 Å². The van der Waals surface area contributed by atoms with Crippen molar-refractivity contribution < 1.29 is 9.53 Å². The lowest BCUT2D eigenvalue weighted by molar-refractivity contribution is 0.0868. The molecular weight excluding hydrogens is 342 g/mol. The maximum absolute atomic E-state index is 11.8. The molecule has 0 aliphatic heterocycles. The number of hydrogen-bond acceptors (Lipinski definition) is 5. The highest BCUT2D eigenvalue weighted by atomic mass is 35.5. The first kappa shape index (κ1) is 16.9. The van der Waals surface area contributed by atoms with E-state index in [9.17, 15) is 4.79 Å². The van der Waals surface area contributed by atoms with E-state index in [1.165, 1.54) is 7.05 Å². The zero-order valence-electron chi connectivity index (χ0n) is 13.5. The second kappa shape index (κ2) is 7.76. The molecule has 0 fully saturated rings. The van der Waals surface area contributed by atoms with E-state index in [4.69, 9.17) is 16.3 Å². The van der Waals surface area contributed by atoms with Crippen molar-refractivity contribution in [2.24, 2.45) is 0 Å². The Bertz CT molecular complexity index is 853. The summed E-state index contributed by atoms with van der Waals surface area (Å²) >= 11 is 6.27. The van der Waals surface area contributed by atoms with Gasteiger partial charge in [-0.25, -0.2) is 9.48 Å². The van der Waals surface area contributed by atoms with Gasteiger partial charge in [-0.2, -0.15) is 0 Å². The van der Waals surface area contributed by atoms with Crippen LogP contribution in [0, 0.1) is 0 Å². The summed E-state index contributed by atoms with van der Waals surface area (Å²) < 4.78 is 7.07. The second-order valence-corrected chi connectivity index (χ2v) is 5.62. The highest BCUT2D eigenvalue weighted by Gasteiger charge is 2.22. The van der Waals surface area contributed by atoms with Crippen LogP contribution in [-0.4, -0.2) is 33.3 Å². The van der Waals surface area contributed by atoms with Crippen molar-refractivity contribution in [1.82, 2.24) is 25.5 Å². The number of rotatable bonds is 5. The van der Waals surface area contributed by atoms with Gasteiger partial charge < -0.3 is 10.1 Å². The Kier molecular flexibility index (Phi) is 5.25. The third-order valence-corrected chi connectivity index (χ3v) is 3.95. The first-order chi connectivity index (χ1) is 12.2. The van der Waals surface area contributed by atoms with Crippen LogP contribution < -0.4 is 5.32 Å². The van der Waals surface area contributed by atoms with Gasteiger partial charge in [0.25, 0.3) is 0 Å². The van der Waals surface area contributed by atoms with E-state index in [2.05, 4.69) is 20.8 Å². The van der Waals surface area contributed by atoms with Crippen molar-refractivity contribution >= 4 is 17.7 Å². The summed E-state index contributed by atoms with van der Waals surface area (Å²) in [5.41, 5.74) is 1.55. The van der Waals surface area contributed by atoms with Gasteiger partial charge in [-0.3, -0.25) is 0 Å². The Balaban J connectivity index is 1.93. The normalized spacial score (nSPS) is 11.8. The number of alkyl carbamates (subject to hydrolysis) is 1. The fourth-order valence-corrected chi connectivity index (χ4v) is 2.66. The molecule has 1 N–H and O–H groups in total. The van der Waals surface area contributed by atoms with Crippen molar-refractivity contribution in [1.29, 1.82) is 0 Å².